The number of aryl methyl sites for hydroxylation is 1. The van der Waals surface area contributed by atoms with Gasteiger partial charge in [0.2, 0.25) is 0 Å². The minimum absolute atomic E-state index is 0.149. The normalized spacial score (nSPS) is 14.6. The molecule has 0 aliphatic carbocycles. The van der Waals surface area contributed by atoms with Gasteiger partial charge in [-0.3, -0.25) is 0 Å². The lowest BCUT2D eigenvalue weighted by atomic mass is 10.1. The van der Waals surface area contributed by atoms with E-state index in [9.17, 15) is 0 Å². The van der Waals surface area contributed by atoms with Crippen LogP contribution in [0.5, 0.6) is 0 Å². The first kappa shape index (κ1) is 22.6. The van der Waals surface area contributed by atoms with Gasteiger partial charge in [-0.2, -0.15) is 0 Å². The molecule has 2 unspecified atom stereocenters. The predicted octanol–water partition coefficient (Wildman–Crippen LogP) is 3.68. The summed E-state index contributed by atoms with van der Waals surface area (Å²) in [7, 11) is 5.56. The molecule has 2 aromatic rings. The highest BCUT2D eigenvalue weighted by Crippen LogP contribution is 2.40. The van der Waals surface area contributed by atoms with Gasteiger partial charge in [-0.15, -0.1) is 30.2 Å². The Morgan fingerprint density at radius 3 is 2.19 bits per heavy atom. The van der Waals surface area contributed by atoms with Crippen molar-refractivity contribution in [2.24, 2.45) is 0 Å². The average Bonchev–Trinajstić information content (AvgIpc) is 2.62. The molecule has 1 fully saturated rings. The second-order valence-corrected chi connectivity index (χ2v) is 9.74. The first-order valence-corrected chi connectivity index (χ1v) is 11.3. The van der Waals surface area contributed by atoms with Gasteiger partial charge in [-0.25, -0.2) is 9.97 Å². The van der Waals surface area contributed by atoms with E-state index in [0.29, 0.717) is 0 Å². The number of nitrogens with zero attached hydrogens (tertiary/aromatic N) is 3. The Hall–Kier alpha value is -0.730. The van der Waals surface area contributed by atoms with Crippen LogP contribution in [0.3, 0.4) is 0 Å². The summed E-state index contributed by atoms with van der Waals surface area (Å²) < 4.78 is 5.31. The lowest BCUT2D eigenvalue weighted by molar-refractivity contribution is 0.122. The van der Waals surface area contributed by atoms with Crippen LogP contribution in [-0.2, 0) is 9.48 Å². The van der Waals surface area contributed by atoms with Gasteiger partial charge in [0, 0.05) is 24.1 Å². The van der Waals surface area contributed by atoms with Gasteiger partial charge in [0.25, 0.3) is 0 Å². The van der Waals surface area contributed by atoms with E-state index in [0.717, 1.165) is 43.6 Å². The lowest BCUT2D eigenvalue weighted by Crippen LogP contribution is -2.37. The molecule has 1 saturated heterocycles. The van der Waals surface area contributed by atoms with Crippen molar-refractivity contribution in [1.29, 1.82) is 0 Å². The molecule has 7 heteroatoms. The molecule has 1 aliphatic heterocycles. The molecule has 27 heavy (non-hydrogen) atoms. The highest BCUT2D eigenvalue weighted by molar-refractivity contribution is 8.00. The zero-order chi connectivity index (χ0) is 20.0. The van der Waals surface area contributed by atoms with Crippen molar-refractivity contribution in [3.63, 3.8) is 0 Å². The number of hydrogen-bond donors (Lipinski definition) is 0. The maximum Gasteiger partial charge on any atom is 0.132 e. The average molecular weight is 424 g/mol. The van der Waals surface area contributed by atoms with Crippen LogP contribution < -0.4 is 15.5 Å². The third-order valence-electron chi connectivity index (χ3n) is 4.10. The van der Waals surface area contributed by atoms with E-state index in [2.05, 4.69) is 66.5 Å². The molecule has 4 nitrogen and oxygen atoms in total. The Morgan fingerprint density at radius 2 is 1.59 bits per heavy atom. The highest BCUT2D eigenvalue weighted by Gasteiger charge is 2.26. The molecule has 0 amide bonds. The third kappa shape index (κ3) is 6.39. The second kappa shape index (κ2) is 10.2. The Kier molecular flexibility index (Phi) is 8.49. The van der Waals surface area contributed by atoms with Crippen LogP contribution in [0.25, 0.3) is 0 Å². The number of benzene rings is 1. The Labute approximate surface area is 172 Å². The largest absolute Gasteiger partial charge is 0.378 e. The standard InChI is InChI=1S/C18H25N3OP2S.C2H6/c1-12-19-16(11-17(20-12)21-4-6-22-7-5-21)18(2,3)25-15-9-13(23)8-14(24)10-15;1-2/h8-11H,4-7,23-24H2,1-3H3;1-2H3. The minimum atomic E-state index is -0.149. The predicted molar refractivity (Wildman–Crippen MR) is 125 cm³/mol. The summed E-state index contributed by atoms with van der Waals surface area (Å²) in [5.74, 6) is 1.82. The summed E-state index contributed by atoms with van der Waals surface area (Å²) >= 11 is 1.83. The number of morpholine rings is 1. The first-order chi connectivity index (χ1) is 12.8. The van der Waals surface area contributed by atoms with Crippen molar-refractivity contribution in [2.45, 2.75) is 44.3 Å². The smallest absolute Gasteiger partial charge is 0.132 e. The molecule has 0 spiro atoms. The molecule has 1 aliphatic rings. The van der Waals surface area contributed by atoms with E-state index in [-0.39, 0.29) is 4.75 Å². The van der Waals surface area contributed by atoms with Crippen molar-refractivity contribution in [2.75, 3.05) is 31.2 Å². The van der Waals surface area contributed by atoms with Crippen molar-refractivity contribution >= 4 is 46.7 Å². The van der Waals surface area contributed by atoms with E-state index >= 15 is 0 Å². The maximum absolute atomic E-state index is 5.46. The lowest BCUT2D eigenvalue weighted by Gasteiger charge is -2.30. The Balaban J connectivity index is 0.00000126. The van der Waals surface area contributed by atoms with E-state index in [1.807, 2.05) is 32.5 Å². The van der Waals surface area contributed by atoms with E-state index in [1.165, 1.54) is 15.5 Å². The fourth-order valence-corrected chi connectivity index (χ4v) is 5.23. The topological polar surface area (TPSA) is 38.2 Å². The van der Waals surface area contributed by atoms with Gasteiger partial charge in [-0.1, -0.05) is 13.8 Å². The molecular weight excluding hydrogens is 392 g/mol. The van der Waals surface area contributed by atoms with Gasteiger partial charge in [0.05, 0.1) is 23.7 Å². The summed E-state index contributed by atoms with van der Waals surface area (Å²) in [6.07, 6.45) is 0. The highest BCUT2D eigenvalue weighted by atomic mass is 32.2. The number of aromatic nitrogens is 2. The molecule has 1 aromatic carbocycles. The van der Waals surface area contributed by atoms with Crippen molar-refractivity contribution in [3.05, 3.63) is 35.8 Å². The fraction of sp³-hybridized carbons (Fsp3) is 0.500. The summed E-state index contributed by atoms with van der Waals surface area (Å²) in [5.41, 5.74) is 1.06. The molecule has 0 saturated carbocycles. The van der Waals surface area contributed by atoms with Crippen LogP contribution in [0.1, 0.15) is 39.2 Å². The van der Waals surface area contributed by atoms with Crippen LogP contribution in [0.4, 0.5) is 5.82 Å². The molecule has 1 aromatic heterocycles. The molecule has 0 radical (unpaired) electrons. The zero-order valence-corrected chi connectivity index (χ0v) is 20.1. The molecule has 148 valence electrons. The van der Waals surface area contributed by atoms with Crippen LogP contribution in [0, 0.1) is 6.92 Å². The molecule has 0 bridgehead atoms. The Bertz CT molecular complexity index is 745. The molecule has 2 atom stereocenters. The quantitative estimate of drug-likeness (QED) is 0.554. The third-order valence-corrected chi connectivity index (χ3v) is 5.96. The summed E-state index contributed by atoms with van der Waals surface area (Å²) in [4.78, 5) is 12.9. The monoisotopic (exact) mass is 423 g/mol. The zero-order valence-electron chi connectivity index (χ0n) is 17.0. The van der Waals surface area contributed by atoms with Crippen LogP contribution in [0.2, 0.25) is 0 Å². The van der Waals surface area contributed by atoms with E-state index in [1.54, 1.807) is 0 Å². The molecule has 3 rings (SSSR count). The number of anilines is 1. The van der Waals surface area contributed by atoms with Gasteiger partial charge in [0.1, 0.15) is 11.6 Å². The number of rotatable bonds is 4. The van der Waals surface area contributed by atoms with E-state index < -0.39 is 0 Å². The Morgan fingerprint density at radius 1 is 1.00 bits per heavy atom. The van der Waals surface area contributed by atoms with E-state index in [4.69, 9.17) is 9.72 Å². The van der Waals surface area contributed by atoms with Gasteiger partial charge >= 0.3 is 0 Å². The molecule has 0 N–H and O–H groups in total. The van der Waals surface area contributed by atoms with Gasteiger partial charge in [0.15, 0.2) is 0 Å². The first-order valence-electron chi connectivity index (χ1n) is 9.37. The molecule has 2 heterocycles. The van der Waals surface area contributed by atoms with Gasteiger partial charge in [-0.05, 0) is 49.6 Å². The summed E-state index contributed by atoms with van der Waals surface area (Å²) in [6, 6.07) is 8.67. The maximum atomic E-state index is 5.46. The fourth-order valence-electron chi connectivity index (χ4n) is 2.87. The summed E-state index contributed by atoms with van der Waals surface area (Å²) in [5, 5.41) is 2.39. The number of hydrogen-bond acceptors (Lipinski definition) is 5. The van der Waals surface area contributed by atoms with Crippen molar-refractivity contribution < 1.29 is 4.74 Å². The minimum Gasteiger partial charge on any atom is -0.378 e. The number of ether oxygens (including phenoxy) is 1. The molecular formula is C20H31N3OP2S. The van der Waals surface area contributed by atoms with Gasteiger partial charge < -0.3 is 9.64 Å². The van der Waals surface area contributed by atoms with Crippen molar-refractivity contribution in [1.82, 2.24) is 9.97 Å². The van der Waals surface area contributed by atoms with Crippen molar-refractivity contribution in [3.8, 4) is 0 Å². The summed E-state index contributed by atoms with van der Waals surface area (Å²) in [6.45, 7) is 13.7. The SMILES string of the molecule is CC.Cc1nc(N2CCOCC2)cc(C(C)(C)Sc2cc(P)cc(P)c2)n1. The number of thioether (sulfide) groups is 1. The van der Waals surface area contributed by atoms with Crippen LogP contribution in [-0.4, -0.2) is 36.3 Å². The van der Waals surface area contributed by atoms with Crippen LogP contribution >= 0.6 is 30.2 Å². The second-order valence-electron chi connectivity index (χ2n) is 6.71. The van der Waals surface area contributed by atoms with Crippen LogP contribution in [0.15, 0.2) is 29.2 Å².